The minimum Gasteiger partial charge on any atom is -0.399 e. The Bertz CT molecular complexity index is 715. The van der Waals surface area contributed by atoms with Gasteiger partial charge in [-0.05, 0) is 36.8 Å². The number of nitrogens with two attached hydrogens (primary N) is 1. The van der Waals surface area contributed by atoms with Crippen molar-refractivity contribution < 1.29 is 12.8 Å². The van der Waals surface area contributed by atoms with Gasteiger partial charge in [-0.1, -0.05) is 6.07 Å². The lowest BCUT2D eigenvalue weighted by molar-refractivity contribution is 0.557. The molecule has 0 atom stereocenters. The molecule has 0 amide bonds. The second-order valence-electron chi connectivity index (χ2n) is 4.32. The highest BCUT2D eigenvalue weighted by molar-refractivity contribution is 7.89. The molecule has 2 aromatic rings. The fourth-order valence-corrected chi connectivity index (χ4v) is 2.71. The van der Waals surface area contributed by atoms with Crippen LogP contribution in [0.15, 0.2) is 41.4 Å². The quantitative estimate of drug-likeness (QED) is 0.839. The van der Waals surface area contributed by atoms with E-state index in [1.807, 2.05) is 6.92 Å². The molecule has 0 aliphatic carbocycles. The molecule has 5 nitrogen and oxygen atoms in total. The topological polar surface area (TPSA) is 85.1 Å². The average Bonchev–Trinajstić information content (AvgIpc) is 2.41. The van der Waals surface area contributed by atoms with Gasteiger partial charge in [-0.2, -0.15) is 0 Å². The third-order valence-corrected chi connectivity index (χ3v) is 4.10. The summed E-state index contributed by atoms with van der Waals surface area (Å²) in [5.74, 6) is -0.839. The van der Waals surface area contributed by atoms with E-state index in [0.29, 0.717) is 5.56 Å². The summed E-state index contributed by atoms with van der Waals surface area (Å²) >= 11 is 0. The molecule has 0 spiro atoms. The highest BCUT2D eigenvalue weighted by Gasteiger charge is 2.19. The number of nitrogens with zero attached hydrogens (tertiary/aromatic N) is 1. The Morgan fingerprint density at radius 3 is 2.70 bits per heavy atom. The van der Waals surface area contributed by atoms with Gasteiger partial charge in [0.2, 0.25) is 10.0 Å². The van der Waals surface area contributed by atoms with Crippen LogP contribution in [-0.2, 0) is 16.6 Å². The number of rotatable bonds is 4. The van der Waals surface area contributed by atoms with E-state index in [4.69, 9.17) is 5.73 Å². The Morgan fingerprint density at radius 2 is 2.05 bits per heavy atom. The summed E-state index contributed by atoms with van der Waals surface area (Å²) in [5.41, 5.74) is 7.18. The monoisotopic (exact) mass is 295 g/mol. The van der Waals surface area contributed by atoms with Gasteiger partial charge in [-0.15, -0.1) is 0 Å². The highest BCUT2D eigenvalue weighted by atomic mass is 32.2. The molecule has 7 heteroatoms. The number of anilines is 1. The van der Waals surface area contributed by atoms with Crippen molar-refractivity contribution in [2.24, 2.45) is 0 Å². The predicted octanol–water partition coefficient (Wildman–Crippen LogP) is 1.59. The van der Waals surface area contributed by atoms with Crippen LogP contribution in [0.25, 0.3) is 0 Å². The maximum atomic E-state index is 13.6. The number of sulfonamides is 1. The van der Waals surface area contributed by atoms with Gasteiger partial charge in [0.1, 0.15) is 10.7 Å². The zero-order chi connectivity index (χ0) is 14.8. The molecule has 0 saturated carbocycles. The van der Waals surface area contributed by atoms with Crippen LogP contribution < -0.4 is 10.5 Å². The first kappa shape index (κ1) is 14.4. The maximum absolute atomic E-state index is 13.6. The van der Waals surface area contributed by atoms with E-state index in [9.17, 15) is 12.8 Å². The van der Waals surface area contributed by atoms with E-state index in [0.717, 1.165) is 17.8 Å². The molecular formula is C13H14FN3O2S. The zero-order valence-corrected chi connectivity index (χ0v) is 11.6. The number of hydrogen-bond acceptors (Lipinski definition) is 4. The molecule has 20 heavy (non-hydrogen) atoms. The van der Waals surface area contributed by atoms with E-state index < -0.39 is 20.7 Å². The molecule has 0 unspecified atom stereocenters. The molecule has 1 heterocycles. The summed E-state index contributed by atoms with van der Waals surface area (Å²) in [5, 5.41) is 0. The molecule has 0 fully saturated rings. The van der Waals surface area contributed by atoms with Crippen molar-refractivity contribution in [3.63, 3.8) is 0 Å². The van der Waals surface area contributed by atoms with Crippen molar-refractivity contribution >= 4 is 15.7 Å². The van der Waals surface area contributed by atoms with Gasteiger partial charge in [0.15, 0.2) is 0 Å². The normalized spacial score (nSPS) is 11.5. The van der Waals surface area contributed by atoms with E-state index in [2.05, 4.69) is 9.71 Å². The molecule has 1 aromatic carbocycles. The van der Waals surface area contributed by atoms with Gasteiger partial charge in [-0.3, -0.25) is 4.98 Å². The van der Waals surface area contributed by atoms with Gasteiger partial charge in [0.25, 0.3) is 0 Å². The van der Waals surface area contributed by atoms with Crippen LogP contribution in [0.1, 0.15) is 11.3 Å². The van der Waals surface area contributed by atoms with Crippen LogP contribution >= 0.6 is 0 Å². The van der Waals surface area contributed by atoms with Crippen molar-refractivity contribution in [1.82, 2.24) is 9.71 Å². The molecule has 3 N–H and O–H groups in total. The number of halogens is 1. The summed E-state index contributed by atoms with van der Waals surface area (Å²) in [6, 6.07) is 6.94. The Morgan fingerprint density at radius 1 is 1.30 bits per heavy atom. The second-order valence-corrected chi connectivity index (χ2v) is 6.06. The van der Waals surface area contributed by atoms with Gasteiger partial charge in [-0.25, -0.2) is 17.5 Å². The Hall–Kier alpha value is -1.99. The predicted molar refractivity (Wildman–Crippen MR) is 73.8 cm³/mol. The van der Waals surface area contributed by atoms with E-state index >= 15 is 0 Å². The number of benzene rings is 1. The first-order chi connectivity index (χ1) is 9.38. The summed E-state index contributed by atoms with van der Waals surface area (Å²) in [6.07, 6.45) is 1.56. The zero-order valence-electron chi connectivity index (χ0n) is 10.8. The Labute approximate surface area is 116 Å². The second kappa shape index (κ2) is 5.56. The molecule has 2 rings (SSSR count). The lowest BCUT2D eigenvalue weighted by Crippen LogP contribution is -2.24. The van der Waals surface area contributed by atoms with Crippen LogP contribution in [0.2, 0.25) is 0 Å². The van der Waals surface area contributed by atoms with Crippen molar-refractivity contribution in [3.05, 3.63) is 53.6 Å². The third-order valence-electron chi connectivity index (χ3n) is 2.68. The van der Waals surface area contributed by atoms with Crippen LogP contribution in [0.3, 0.4) is 0 Å². The fourth-order valence-electron chi connectivity index (χ4n) is 1.58. The summed E-state index contributed by atoms with van der Waals surface area (Å²) < 4.78 is 39.9. The molecule has 0 radical (unpaired) electrons. The van der Waals surface area contributed by atoms with Crippen LogP contribution in [0.4, 0.5) is 10.1 Å². The maximum Gasteiger partial charge on any atom is 0.243 e. The summed E-state index contributed by atoms with van der Waals surface area (Å²) in [4.78, 5) is 3.59. The summed E-state index contributed by atoms with van der Waals surface area (Å²) in [7, 11) is -3.95. The number of pyridine rings is 1. The Balaban J connectivity index is 2.19. The van der Waals surface area contributed by atoms with E-state index in [-0.39, 0.29) is 12.2 Å². The number of aromatic nitrogens is 1. The fraction of sp³-hybridized carbons (Fsp3) is 0.154. The molecule has 0 bridgehead atoms. The largest absolute Gasteiger partial charge is 0.399 e. The molecular weight excluding hydrogens is 281 g/mol. The molecule has 0 aliphatic heterocycles. The number of nitrogen functional groups attached to an aromatic ring is 1. The van der Waals surface area contributed by atoms with Crippen molar-refractivity contribution in [2.75, 3.05) is 5.73 Å². The van der Waals surface area contributed by atoms with Crippen LogP contribution in [0, 0.1) is 12.7 Å². The first-order valence-electron chi connectivity index (χ1n) is 5.85. The van der Waals surface area contributed by atoms with Crippen molar-refractivity contribution in [2.45, 2.75) is 18.4 Å². The summed E-state index contributed by atoms with van der Waals surface area (Å²) in [6.45, 7) is 1.86. The average molecular weight is 295 g/mol. The third kappa shape index (κ3) is 3.31. The van der Waals surface area contributed by atoms with Gasteiger partial charge in [0.05, 0.1) is 0 Å². The van der Waals surface area contributed by atoms with E-state index in [1.54, 1.807) is 18.3 Å². The lowest BCUT2D eigenvalue weighted by atomic mass is 10.2. The number of hydrogen-bond donors (Lipinski definition) is 2. The number of nitrogens with one attached hydrogen (secondary N) is 1. The van der Waals surface area contributed by atoms with Gasteiger partial charge in [0, 0.05) is 24.1 Å². The molecule has 0 aliphatic rings. The Kier molecular flexibility index (Phi) is 4.01. The minimum atomic E-state index is -3.95. The smallest absolute Gasteiger partial charge is 0.243 e. The SMILES string of the molecule is Cc1ccc(CNS(=O)(=O)c2cc(N)ccc2F)cn1. The van der Waals surface area contributed by atoms with Crippen molar-refractivity contribution in [3.8, 4) is 0 Å². The molecule has 1 aromatic heterocycles. The molecule has 106 valence electrons. The van der Waals surface area contributed by atoms with Gasteiger partial charge < -0.3 is 5.73 Å². The first-order valence-corrected chi connectivity index (χ1v) is 7.33. The van der Waals surface area contributed by atoms with Crippen molar-refractivity contribution in [1.29, 1.82) is 0 Å². The van der Waals surface area contributed by atoms with Crippen LogP contribution in [0.5, 0.6) is 0 Å². The highest BCUT2D eigenvalue weighted by Crippen LogP contribution is 2.17. The standard InChI is InChI=1S/C13H14FN3O2S/c1-9-2-3-10(7-16-9)8-17-20(18,19)13-6-11(15)4-5-12(13)14/h2-7,17H,8,15H2,1H3. The van der Waals surface area contributed by atoms with Gasteiger partial charge >= 0.3 is 0 Å². The van der Waals surface area contributed by atoms with E-state index in [1.165, 1.54) is 6.07 Å². The van der Waals surface area contributed by atoms with Crippen LogP contribution in [-0.4, -0.2) is 13.4 Å². The lowest BCUT2D eigenvalue weighted by Gasteiger charge is -2.08. The minimum absolute atomic E-state index is 0.0316. The number of aryl methyl sites for hydroxylation is 1. The molecule has 0 saturated heterocycles.